The topological polar surface area (TPSA) is 12.0 Å². The zero-order valence-corrected chi connectivity index (χ0v) is 9.08. The van der Waals surface area contributed by atoms with Crippen LogP contribution in [0.25, 0.3) is 0 Å². The summed E-state index contributed by atoms with van der Waals surface area (Å²) in [5.41, 5.74) is 0.616. The molecule has 2 rings (SSSR count). The summed E-state index contributed by atoms with van der Waals surface area (Å²) in [7, 11) is 0. The van der Waals surface area contributed by atoms with E-state index in [4.69, 9.17) is 11.6 Å². The molecular formula is C11H20ClN. The van der Waals surface area contributed by atoms with Gasteiger partial charge < -0.3 is 5.32 Å². The first-order chi connectivity index (χ1) is 6.35. The fourth-order valence-corrected chi connectivity index (χ4v) is 2.36. The molecule has 0 aromatic heterocycles. The van der Waals surface area contributed by atoms with E-state index >= 15 is 0 Å². The van der Waals surface area contributed by atoms with Crippen LogP contribution in [-0.4, -0.2) is 19.0 Å². The van der Waals surface area contributed by atoms with Crippen molar-refractivity contribution in [1.29, 1.82) is 0 Å². The summed E-state index contributed by atoms with van der Waals surface area (Å²) in [4.78, 5) is 0. The summed E-state index contributed by atoms with van der Waals surface area (Å²) >= 11 is 5.77. The first-order valence-corrected chi connectivity index (χ1v) is 6.15. The zero-order chi connectivity index (χ0) is 9.15. The number of nitrogens with one attached hydrogen (secondary N) is 1. The molecule has 2 saturated carbocycles. The molecule has 0 bridgehead atoms. The average Bonchev–Trinajstić information content (AvgIpc) is 2.95. The van der Waals surface area contributed by atoms with Crippen LogP contribution < -0.4 is 5.32 Å². The maximum Gasteiger partial charge on any atom is 0.0229 e. The largest absolute Gasteiger partial charge is 0.316 e. The van der Waals surface area contributed by atoms with E-state index in [0.29, 0.717) is 5.41 Å². The number of rotatable bonds is 7. The van der Waals surface area contributed by atoms with Crippen molar-refractivity contribution < 1.29 is 0 Å². The van der Waals surface area contributed by atoms with E-state index in [0.717, 1.165) is 11.8 Å². The highest BCUT2D eigenvalue weighted by atomic mass is 35.5. The van der Waals surface area contributed by atoms with E-state index in [9.17, 15) is 0 Å². The van der Waals surface area contributed by atoms with Crippen molar-refractivity contribution in [2.45, 2.75) is 38.5 Å². The van der Waals surface area contributed by atoms with Crippen LogP contribution in [-0.2, 0) is 0 Å². The Morgan fingerprint density at radius 2 is 2.08 bits per heavy atom. The molecule has 0 amide bonds. The SMILES string of the molecule is ClCCC1(CNCCC2CC2)CC1. The predicted octanol–water partition coefficient (Wildman–Crippen LogP) is 2.79. The second-order valence-electron chi connectivity index (χ2n) is 4.85. The van der Waals surface area contributed by atoms with Crippen LogP contribution in [0.3, 0.4) is 0 Å². The molecule has 2 aliphatic rings. The van der Waals surface area contributed by atoms with Crippen molar-refractivity contribution >= 4 is 11.6 Å². The molecule has 0 aromatic rings. The second kappa shape index (κ2) is 4.18. The minimum absolute atomic E-state index is 0.616. The minimum Gasteiger partial charge on any atom is -0.316 e. The third-order valence-electron chi connectivity index (χ3n) is 3.51. The Hall–Kier alpha value is 0.250. The Bertz CT molecular complexity index is 161. The van der Waals surface area contributed by atoms with Gasteiger partial charge in [-0.15, -0.1) is 11.6 Å². The zero-order valence-electron chi connectivity index (χ0n) is 8.32. The van der Waals surface area contributed by atoms with Gasteiger partial charge in [-0.2, -0.15) is 0 Å². The Morgan fingerprint density at radius 3 is 2.62 bits per heavy atom. The molecule has 2 fully saturated rings. The van der Waals surface area contributed by atoms with Crippen molar-refractivity contribution in [3.8, 4) is 0 Å². The van der Waals surface area contributed by atoms with E-state index < -0.39 is 0 Å². The number of halogens is 1. The molecule has 0 atom stereocenters. The summed E-state index contributed by atoms with van der Waals surface area (Å²) in [6.45, 7) is 2.45. The normalized spacial score (nSPS) is 24.7. The number of alkyl halides is 1. The third-order valence-corrected chi connectivity index (χ3v) is 3.70. The van der Waals surface area contributed by atoms with Crippen molar-refractivity contribution in [2.75, 3.05) is 19.0 Å². The molecule has 0 aliphatic heterocycles. The van der Waals surface area contributed by atoms with Gasteiger partial charge in [-0.1, -0.05) is 12.8 Å². The second-order valence-corrected chi connectivity index (χ2v) is 5.23. The Labute approximate surface area is 86.2 Å². The van der Waals surface area contributed by atoms with Crippen LogP contribution in [0, 0.1) is 11.3 Å². The van der Waals surface area contributed by atoms with Crippen molar-refractivity contribution in [2.24, 2.45) is 11.3 Å². The highest BCUT2D eigenvalue weighted by molar-refractivity contribution is 6.17. The van der Waals surface area contributed by atoms with Gasteiger partial charge in [0.1, 0.15) is 0 Å². The molecule has 1 N–H and O–H groups in total. The Morgan fingerprint density at radius 1 is 1.31 bits per heavy atom. The van der Waals surface area contributed by atoms with Crippen LogP contribution >= 0.6 is 11.6 Å². The molecule has 0 aromatic carbocycles. The summed E-state index contributed by atoms with van der Waals surface area (Å²) in [6, 6.07) is 0. The highest BCUT2D eigenvalue weighted by Gasteiger charge is 2.41. The quantitative estimate of drug-likeness (QED) is 0.494. The van der Waals surface area contributed by atoms with Gasteiger partial charge in [0.25, 0.3) is 0 Å². The lowest BCUT2D eigenvalue weighted by Gasteiger charge is -2.13. The first-order valence-electron chi connectivity index (χ1n) is 5.61. The lowest BCUT2D eigenvalue weighted by atomic mass is 10.0. The average molecular weight is 202 g/mol. The fourth-order valence-electron chi connectivity index (χ4n) is 1.96. The van der Waals surface area contributed by atoms with Gasteiger partial charge in [-0.25, -0.2) is 0 Å². The maximum atomic E-state index is 5.77. The third kappa shape index (κ3) is 3.14. The molecule has 0 spiro atoms. The summed E-state index contributed by atoms with van der Waals surface area (Å²) in [5, 5.41) is 3.59. The molecule has 2 aliphatic carbocycles. The first kappa shape index (κ1) is 9.79. The van der Waals surface area contributed by atoms with E-state index in [-0.39, 0.29) is 0 Å². The lowest BCUT2D eigenvalue weighted by molar-refractivity contribution is 0.440. The monoisotopic (exact) mass is 201 g/mol. The van der Waals surface area contributed by atoms with Gasteiger partial charge >= 0.3 is 0 Å². The van der Waals surface area contributed by atoms with Crippen molar-refractivity contribution in [3.05, 3.63) is 0 Å². The molecule has 13 heavy (non-hydrogen) atoms. The lowest BCUT2D eigenvalue weighted by Crippen LogP contribution is -2.25. The van der Waals surface area contributed by atoms with E-state index in [1.54, 1.807) is 0 Å². The van der Waals surface area contributed by atoms with Gasteiger partial charge in [0, 0.05) is 12.4 Å². The number of hydrogen-bond donors (Lipinski definition) is 1. The van der Waals surface area contributed by atoms with Crippen LogP contribution in [0.5, 0.6) is 0 Å². The molecular weight excluding hydrogens is 182 g/mol. The van der Waals surface area contributed by atoms with E-state index in [1.165, 1.54) is 51.6 Å². The number of hydrogen-bond acceptors (Lipinski definition) is 1. The van der Waals surface area contributed by atoms with Crippen molar-refractivity contribution in [3.63, 3.8) is 0 Å². The van der Waals surface area contributed by atoms with Gasteiger partial charge in [-0.3, -0.25) is 0 Å². The Kier molecular flexibility index (Phi) is 3.15. The predicted molar refractivity (Wildman–Crippen MR) is 57.2 cm³/mol. The molecule has 0 saturated heterocycles. The summed E-state index contributed by atoms with van der Waals surface area (Å²) in [6.07, 6.45) is 8.37. The standard InChI is InChI=1S/C11H20ClN/c12-7-6-11(4-5-11)9-13-8-3-10-1-2-10/h10,13H,1-9H2. The molecule has 1 nitrogen and oxygen atoms in total. The van der Waals surface area contributed by atoms with Gasteiger partial charge in [0.05, 0.1) is 0 Å². The van der Waals surface area contributed by atoms with Crippen LogP contribution in [0.1, 0.15) is 38.5 Å². The molecule has 0 heterocycles. The Balaban J connectivity index is 1.51. The van der Waals surface area contributed by atoms with Crippen molar-refractivity contribution in [1.82, 2.24) is 5.32 Å². The van der Waals surface area contributed by atoms with Gasteiger partial charge in [0.2, 0.25) is 0 Å². The fraction of sp³-hybridized carbons (Fsp3) is 1.00. The molecule has 76 valence electrons. The van der Waals surface area contributed by atoms with Gasteiger partial charge in [0.15, 0.2) is 0 Å². The smallest absolute Gasteiger partial charge is 0.0229 e. The van der Waals surface area contributed by atoms with Gasteiger partial charge in [-0.05, 0) is 43.6 Å². The van der Waals surface area contributed by atoms with E-state index in [2.05, 4.69) is 5.32 Å². The van der Waals surface area contributed by atoms with Crippen LogP contribution in [0.2, 0.25) is 0 Å². The summed E-state index contributed by atoms with van der Waals surface area (Å²) in [5.74, 6) is 1.90. The molecule has 0 radical (unpaired) electrons. The summed E-state index contributed by atoms with van der Waals surface area (Å²) < 4.78 is 0. The van der Waals surface area contributed by atoms with E-state index in [1.807, 2.05) is 0 Å². The maximum absolute atomic E-state index is 5.77. The highest BCUT2D eigenvalue weighted by Crippen LogP contribution is 2.48. The van der Waals surface area contributed by atoms with Crippen LogP contribution in [0.15, 0.2) is 0 Å². The molecule has 0 unspecified atom stereocenters. The molecule has 2 heteroatoms. The minimum atomic E-state index is 0.616. The van der Waals surface area contributed by atoms with Crippen LogP contribution in [0.4, 0.5) is 0 Å².